The van der Waals surface area contributed by atoms with Crippen LogP contribution >= 0.6 is 0 Å². The Balaban J connectivity index is 3.39. The molecule has 0 aromatic heterocycles. The highest BCUT2D eigenvalue weighted by Crippen LogP contribution is 2.30. The van der Waals surface area contributed by atoms with E-state index in [1.54, 1.807) is 0 Å². The summed E-state index contributed by atoms with van der Waals surface area (Å²) in [6.07, 6.45) is 0.556. The summed E-state index contributed by atoms with van der Waals surface area (Å²) < 4.78 is 4.78. The Kier molecular flexibility index (Phi) is 2.50. The van der Waals surface area contributed by atoms with Gasteiger partial charge in [0.25, 0.3) is 0 Å². The number of ether oxygens (including phenoxy) is 1. The zero-order valence-corrected chi connectivity index (χ0v) is 6.94. The number of rotatable bonds is 2. The van der Waals surface area contributed by atoms with E-state index in [2.05, 4.69) is 0 Å². The van der Waals surface area contributed by atoms with Crippen LogP contribution in [0.2, 0.25) is 0 Å². The summed E-state index contributed by atoms with van der Waals surface area (Å²) in [4.78, 5) is 10.4. The van der Waals surface area contributed by atoms with Crippen LogP contribution in [0.4, 0.5) is 0 Å². The molecule has 0 amide bonds. The van der Waals surface area contributed by atoms with Crippen molar-refractivity contribution in [3.05, 3.63) is 23.3 Å². The molecule has 1 aromatic rings. The second kappa shape index (κ2) is 3.59. The number of hydrogen-bond acceptors (Lipinski definition) is 4. The highest BCUT2D eigenvalue weighted by molar-refractivity contribution is 5.78. The Hall–Kier alpha value is -2.02. The lowest BCUT2D eigenvalue weighted by Crippen LogP contribution is -1.91. The first-order chi connectivity index (χ1) is 6.22. The molecule has 13 heavy (non-hydrogen) atoms. The standard InChI is InChI=1S/C9H7NO3/c1-13-9-7(4-10)2-6(5-11)3-8(9)12/h2-3,5,12H,1H3. The molecular formula is C9H7NO3. The summed E-state index contributed by atoms with van der Waals surface area (Å²) in [7, 11) is 1.34. The number of nitriles is 1. The van der Waals surface area contributed by atoms with Crippen molar-refractivity contribution < 1.29 is 14.6 Å². The molecule has 4 nitrogen and oxygen atoms in total. The second-order valence-electron chi connectivity index (χ2n) is 2.35. The van der Waals surface area contributed by atoms with Crippen LogP contribution < -0.4 is 4.74 Å². The molecule has 0 heterocycles. The van der Waals surface area contributed by atoms with Crippen molar-refractivity contribution in [2.75, 3.05) is 7.11 Å². The smallest absolute Gasteiger partial charge is 0.178 e. The summed E-state index contributed by atoms with van der Waals surface area (Å²) in [5.41, 5.74) is 0.388. The summed E-state index contributed by atoms with van der Waals surface area (Å²) in [6, 6.07) is 4.41. The molecule has 0 spiro atoms. The van der Waals surface area contributed by atoms with E-state index >= 15 is 0 Å². The molecular weight excluding hydrogens is 170 g/mol. The Bertz CT molecular complexity index is 379. The fraction of sp³-hybridized carbons (Fsp3) is 0.111. The molecule has 0 saturated carbocycles. The fourth-order valence-electron chi connectivity index (χ4n) is 1.00. The Morgan fingerprint density at radius 3 is 2.77 bits per heavy atom. The zero-order valence-electron chi connectivity index (χ0n) is 6.94. The number of hydrogen-bond donors (Lipinski definition) is 1. The lowest BCUT2D eigenvalue weighted by Gasteiger charge is -2.05. The zero-order chi connectivity index (χ0) is 9.84. The van der Waals surface area contributed by atoms with Crippen LogP contribution in [0, 0.1) is 11.3 Å². The van der Waals surface area contributed by atoms with E-state index in [1.807, 2.05) is 6.07 Å². The van der Waals surface area contributed by atoms with Gasteiger partial charge in [-0.15, -0.1) is 0 Å². The normalized spacial score (nSPS) is 8.92. The summed E-state index contributed by atoms with van der Waals surface area (Å²) >= 11 is 0. The van der Waals surface area contributed by atoms with Gasteiger partial charge in [0.05, 0.1) is 12.7 Å². The average molecular weight is 177 g/mol. The topological polar surface area (TPSA) is 70.3 Å². The summed E-state index contributed by atoms with van der Waals surface area (Å²) in [5.74, 6) is -0.114. The van der Waals surface area contributed by atoms with Crippen LogP contribution in [0.5, 0.6) is 11.5 Å². The van der Waals surface area contributed by atoms with Crippen LogP contribution in [0.25, 0.3) is 0 Å². The van der Waals surface area contributed by atoms with Crippen molar-refractivity contribution in [2.24, 2.45) is 0 Å². The van der Waals surface area contributed by atoms with Crippen molar-refractivity contribution >= 4 is 6.29 Å². The maximum absolute atomic E-state index is 10.4. The molecule has 0 saturated heterocycles. The third kappa shape index (κ3) is 1.59. The van der Waals surface area contributed by atoms with Crippen molar-refractivity contribution in [3.8, 4) is 17.6 Å². The second-order valence-corrected chi connectivity index (χ2v) is 2.35. The Labute approximate surface area is 75.0 Å². The van der Waals surface area contributed by atoms with Gasteiger partial charge < -0.3 is 9.84 Å². The number of methoxy groups -OCH3 is 1. The molecule has 1 N–H and O–H groups in total. The van der Waals surface area contributed by atoms with Crippen LogP contribution in [-0.4, -0.2) is 18.5 Å². The van der Waals surface area contributed by atoms with Gasteiger partial charge in [0.2, 0.25) is 0 Å². The third-order valence-corrected chi connectivity index (χ3v) is 1.55. The molecule has 0 aliphatic rings. The number of benzene rings is 1. The highest BCUT2D eigenvalue weighted by atomic mass is 16.5. The van der Waals surface area contributed by atoms with E-state index in [4.69, 9.17) is 10.00 Å². The van der Waals surface area contributed by atoms with E-state index in [9.17, 15) is 9.90 Å². The van der Waals surface area contributed by atoms with Crippen molar-refractivity contribution in [1.82, 2.24) is 0 Å². The number of phenolic OH excluding ortho intramolecular Hbond substituents is 1. The van der Waals surface area contributed by atoms with Gasteiger partial charge in [-0.1, -0.05) is 0 Å². The molecule has 1 aromatic carbocycles. The number of nitrogens with zero attached hydrogens (tertiary/aromatic N) is 1. The van der Waals surface area contributed by atoms with Gasteiger partial charge in [0.1, 0.15) is 12.4 Å². The minimum absolute atomic E-state index is 0.0908. The summed E-state index contributed by atoms with van der Waals surface area (Å²) in [6.45, 7) is 0. The summed E-state index contributed by atoms with van der Waals surface area (Å²) in [5, 5.41) is 17.9. The highest BCUT2D eigenvalue weighted by Gasteiger charge is 2.09. The minimum Gasteiger partial charge on any atom is -0.504 e. The van der Waals surface area contributed by atoms with E-state index in [0.717, 1.165) is 0 Å². The molecule has 0 atom stereocenters. The molecule has 66 valence electrons. The van der Waals surface area contributed by atoms with Gasteiger partial charge >= 0.3 is 0 Å². The van der Waals surface area contributed by atoms with Crippen LogP contribution in [0.15, 0.2) is 12.1 Å². The molecule has 0 bridgehead atoms. The van der Waals surface area contributed by atoms with Crippen molar-refractivity contribution in [2.45, 2.75) is 0 Å². The van der Waals surface area contributed by atoms with Gasteiger partial charge in [-0.2, -0.15) is 5.26 Å². The number of carbonyl (C=O) groups is 1. The SMILES string of the molecule is COc1c(O)cc(C=O)cc1C#N. The van der Waals surface area contributed by atoms with E-state index < -0.39 is 0 Å². The first kappa shape index (κ1) is 9.07. The molecule has 0 fully saturated rings. The van der Waals surface area contributed by atoms with Gasteiger partial charge in [-0.25, -0.2) is 0 Å². The molecule has 1 rings (SSSR count). The first-order valence-electron chi connectivity index (χ1n) is 3.49. The molecule has 0 aliphatic heterocycles. The van der Waals surface area contributed by atoms with Crippen LogP contribution in [0.1, 0.15) is 15.9 Å². The molecule has 0 aliphatic carbocycles. The van der Waals surface area contributed by atoms with E-state index in [0.29, 0.717) is 6.29 Å². The predicted molar refractivity (Wildman–Crippen MR) is 44.8 cm³/mol. The van der Waals surface area contributed by atoms with Crippen LogP contribution in [0.3, 0.4) is 0 Å². The number of phenols is 1. The third-order valence-electron chi connectivity index (χ3n) is 1.55. The number of carbonyl (C=O) groups excluding carboxylic acids is 1. The van der Waals surface area contributed by atoms with Gasteiger partial charge in [0.15, 0.2) is 11.5 Å². The Morgan fingerprint density at radius 1 is 1.62 bits per heavy atom. The van der Waals surface area contributed by atoms with E-state index in [-0.39, 0.29) is 22.6 Å². The quantitative estimate of drug-likeness (QED) is 0.686. The van der Waals surface area contributed by atoms with Crippen molar-refractivity contribution in [3.63, 3.8) is 0 Å². The first-order valence-corrected chi connectivity index (χ1v) is 3.49. The number of aldehydes is 1. The minimum atomic E-state index is -0.205. The average Bonchev–Trinajstić information content (AvgIpc) is 2.16. The monoisotopic (exact) mass is 177 g/mol. The van der Waals surface area contributed by atoms with Crippen molar-refractivity contribution in [1.29, 1.82) is 5.26 Å². The lowest BCUT2D eigenvalue weighted by atomic mass is 10.1. The van der Waals surface area contributed by atoms with Gasteiger partial charge in [-0.3, -0.25) is 4.79 Å². The van der Waals surface area contributed by atoms with Crippen LogP contribution in [-0.2, 0) is 0 Å². The maximum Gasteiger partial charge on any atom is 0.178 e. The fourth-order valence-corrected chi connectivity index (χ4v) is 1.00. The predicted octanol–water partition coefficient (Wildman–Crippen LogP) is 1.08. The molecule has 0 radical (unpaired) electrons. The lowest BCUT2D eigenvalue weighted by molar-refractivity contribution is 0.112. The number of aromatic hydroxyl groups is 1. The van der Waals surface area contributed by atoms with E-state index in [1.165, 1.54) is 19.2 Å². The largest absolute Gasteiger partial charge is 0.504 e. The van der Waals surface area contributed by atoms with Gasteiger partial charge in [-0.05, 0) is 12.1 Å². The molecule has 4 heteroatoms. The Morgan fingerprint density at radius 2 is 2.31 bits per heavy atom. The van der Waals surface area contributed by atoms with Gasteiger partial charge in [0, 0.05) is 5.56 Å². The maximum atomic E-state index is 10.4. The molecule has 0 unspecified atom stereocenters.